The zero-order valence-electron chi connectivity index (χ0n) is 34.2. The van der Waals surface area contributed by atoms with Crippen LogP contribution in [0, 0.1) is 0 Å². The number of nitrogens with one attached hydrogen (secondary N) is 1. The van der Waals surface area contributed by atoms with Crippen LogP contribution >= 0.6 is 0 Å². The zero-order chi connectivity index (χ0) is 40.6. The molecule has 55 heavy (non-hydrogen) atoms. The number of aliphatic hydroxyl groups is 4. The number of carbonyl (C=O) groups is 1. The number of hydrogen-bond donors (Lipinski definition) is 6. The topological polar surface area (TPSA) is 192 Å². The van der Waals surface area contributed by atoms with Gasteiger partial charge in [0.2, 0.25) is 5.91 Å². The molecule has 0 spiro atoms. The molecule has 0 aromatic rings. The van der Waals surface area contributed by atoms with E-state index in [4.69, 9.17) is 14.0 Å². The Bertz CT molecular complexity index is 1090. The Kier molecular flexibility index (Phi) is 31.5. The highest BCUT2D eigenvalue weighted by atomic mass is 32.3. The number of rotatable bonds is 36. The lowest BCUT2D eigenvalue weighted by Gasteiger charge is -2.41. The van der Waals surface area contributed by atoms with Crippen molar-refractivity contribution >= 4 is 16.3 Å². The molecule has 0 aliphatic carbocycles. The monoisotopic (exact) mass is 806 g/mol. The lowest BCUT2D eigenvalue weighted by atomic mass is 9.99. The van der Waals surface area contributed by atoms with E-state index in [0.717, 1.165) is 57.8 Å². The number of aliphatic hydroxyl groups excluding tert-OH is 4. The predicted molar refractivity (Wildman–Crippen MR) is 218 cm³/mol. The van der Waals surface area contributed by atoms with Crippen LogP contribution in [0.3, 0.4) is 0 Å². The molecule has 1 aliphatic heterocycles. The van der Waals surface area contributed by atoms with E-state index in [1.807, 2.05) is 0 Å². The number of hydrogen-bond acceptors (Lipinski definition) is 10. The quantitative estimate of drug-likeness (QED) is 0.0206. The fourth-order valence-electron chi connectivity index (χ4n) is 6.84. The lowest BCUT2D eigenvalue weighted by molar-refractivity contribution is -0.298. The first-order valence-electron chi connectivity index (χ1n) is 21.7. The Morgan fingerprint density at radius 1 is 0.727 bits per heavy atom. The van der Waals surface area contributed by atoms with Crippen molar-refractivity contribution in [2.45, 2.75) is 224 Å². The minimum Gasteiger partial charge on any atom is -0.394 e. The smallest absolute Gasteiger partial charge is 0.394 e. The Morgan fingerprint density at radius 3 is 1.76 bits per heavy atom. The lowest BCUT2D eigenvalue weighted by Crippen LogP contribution is -2.61. The van der Waals surface area contributed by atoms with E-state index < -0.39 is 59.9 Å². The second-order valence-corrected chi connectivity index (χ2v) is 16.3. The zero-order valence-corrected chi connectivity index (χ0v) is 35.1. The van der Waals surface area contributed by atoms with Crippen LogP contribution in [0.5, 0.6) is 0 Å². The molecular formula is C42H79NO11S. The normalized spacial score (nSPS) is 21.8. The van der Waals surface area contributed by atoms with Crippen LogP contribution in [0.15, 0.2) is 24.3 Å². The van der Waals surface area contributed by atoms with Crippen molar-refractivity contribution in [2.24, 2.45) is 0 Å². The van der Waals surface area contributed by atoms with E-state index in [-0.39, 0.29) is 18.9 Å². The molecule has 6 N–H and O–H groups in total. The van der Waals surface area contributed by atoms with Crippen LogP contribution in [0.25, 0.3) is 0 Å². The van der Waals surface area contributed by atoms with E-state index in [9.17, 15) is 33.6 Å². The molecule has 7 atom stereocenters. The Balaban J connectivity index is 2.52. The van der Waals surface area contributed by atoms with Gasteiger partial charge in [-0.15, -0.1) is 0 Å². The van der Waals surface area contributed by atoms with Crippen molar-refractivity contribution < 1.29 is 51.8 Å². The molecule has 7 unspecified atom stereocenters. The summed E-state index contributed by atoms with van der Waals surface area (Å²) in [6.07, 6.45) is 27.5. The van der Waals surface area contributed by atoms with Crippen LogP contribution in [-0.2, 0) is 28.9 Å². The summed E-state index contributed by atoms with van der Waals surface area (Å²) in [4.78, 5) is 13.0. The number of unbranched alkanes of at least 4 members (excludes halogenated alkanes) is 20. The predicted octanol–water partition coefficient (Wildman–Crippen LogP) is 7.77. The van der Waals surface area contributed by atoms with Gasteiger partial charge in [-0.2, -0.15) is 8.42 Å². The second kappa shape index (κ2) is 33.5. The summed E-state index contributed by atoms with van der Waals surface area (Å²) in [6, 6.07) is -0.859. The standard InChI is InChI=1S/C42H79NO11S/c1-3-5-7-9-11-13-15-16-17-18-19-20-22-24-26-28-30-32-38(46)43-35(36(45)31-29-27-25-23-21-14-12-10-8-6-4-2)34-52-42-40(48)41(54-55(49,50)51)39(47)37(33-44)53-42/h11,13,16-17,35-37,39-42,44-45,47-48H,3-10,12,14-15,18-34H2,1-2H3,(H,43,46)(H,49,50,51)/b13-11-,17-16-. The minimum atomic E-state index is -5.07. The van der Waals surface area contributed by atoms with Crippen molar-refractivity contribution in [3.8, 4) is 0 Å². The molecule has 0 aromatic carbocycles. The van der Waals surface area contributed by atoms with Gasteiger partial charge in [-0.3, -0.25) is 9.35 Å². The Hall–Kier alpha value is -1.42. The average molecular weight is 806 g/mol. The highest BCUT2D eigenvalue weighted by Crippen LogP contribution is 2.26. The molecule has 1 amide bonds. The summed E-state index contributed by atoms with van der Waals surface area (Å²) >= 11 is 0. The SMILES string of the molecule is CCCCC/C=C\C/C=C\CCCCCCCCCC(=O)NC(COC1OC(CO)C(O)C(OS(=O)(=O)O)C1O)C(O)CCCCCCCCCCCCC. The minimum absolute atomic E-state index is 0.240. The summed E-state index contributed by atoms with van der Waals surface area (Å²) in [7, 11) is -5.07. The van der Waals surface area contributed by atoms with Gasteiger partial charge in [0.15, 0.2) is 6.29 Å². The van der Waals surface area contributed by atoms with Crippen LogP contribution in [0.4, 0.5) is 0 Å². The molecule has 1 heterocycles. The van der Waals surface area contributed by atoms with Crippen LogP contribution in [0.1, 0.15) is 181 Å². The van der Waals surface area contributed by atoms with Gasteiger partial charge in [-0.25, -0.2) is 4.18 Å². The summed E-state index contributed by atoms with van der Waals surface area (Å²) in [6.45, 7) is 3.39. The fraction of sp³-hybridized carbons (Fsp3) is 0.881. The highest BCUT2D eigenvalue weighted by molar-refractivity contribution is 7.80. The third-order valence-corrected chi connectivity index (χ3v) is 10.7. The van der Waals surface area contributed by atoms with Crippen molar-refractivity contribution in [1.82, 2.24) is 5.32 Å². The van der Waals surface area contributed by atoms with E-state index in [1.165, 1.54) is 89.9 Å². The molecule has 0 aromatic heterocycles. The van der Waals surface area contributed by atoms with Gasteiger partial charge in [-0.1, -0.05) is 154 Å². The van der Waals surface area contributed by atoms with Crippen molar-refractivity contribution in [3.63, 3.8) is 0 Å². The molecule has 1 fully saturated rings. The van der Waals surface area contributed by atoms with Crippen LogP contribution in [-0.4, -0.2) is 95.4 Å². The van der Waals surface area contributed by atoms with Gasteiger partial charge >= 0.3 is 10.4 Å². The molecule has 324 valence electrons. The van der Waals surface area contributed by atoms with Gasteiger partial charge in [0.25, 0.3) is 0 Å². The molecule has 1 rings (SSSR count). The summed E-state index contributed by atoms with van der Waals surface area (Å²) in [5, 5.41) is 44.7. The van der Waals surface area contributed by atoms with Gasteiger partial charge < -0.3 is 35.2 Å². The summed E-state index contributed by atoms with van der Waals surface area (Å²) < 4.78 is 47.5. The van der Waals surface area contributed by atoms with Gasteiger partial charge in [0.05, 0.1) is 25.4 Å². The fourth-order valence-corrected chi connectivity index (χ4v) is 7.35. The van der Waals surface area contributed by atoms with Crippen LogP contribution < -0.4 is 5.32 Å². The van der Waals surface area contributed by atoms with Gasteiger partial charge in [0, 0.05) is 6.42 Å². The number of allylic oxidation sites excluding steroid dienone is 4. The highest BCUT2D eigenvalue weighted by Gasteiger charge is 2.48. The first kappa shape index (κ1) is 51.6. The van der Waals surface area contributed by atoms with Crippen molar-refractivity contribution in [2.75, 3.05) is 13.2 Å². The van der Waals surface area contributed by atoms with Crippen molar-refractivity contribution in [3.05, 3.63) is 24.3 Å². The van der Waals surface area contributed by atoms with E-state index in [1.54, 1.807) is 0 Å². The maximum Gasteiger partial charge on any atom is 0.397 e. The summed E-state index contributed by atoms with van der Waals surface area (Å²) in [5.74, 6) is -0.240. The molecule has 1 saturated heterocycles. The van der Waals surface area contributed by atoms with E-state index in [0.29, 0.717) is 12.8 Å². The van der Waals surface area contributed by atoms with E-state index in [2.05, 4.69) is 47.7 Å². The third-order valence-electron chi connectivity index (χ3n) is 10.3. The number of carbonyl (C=O) groups excluding carboxylic acids is 1. The molecule has 13 heteroatoms. The number of ether oxygens (including phenoxy) is 2. The maximum absolute atomic E-state index is 13.0. The molecule has 0 bridgehead atoms. The van der Waals surface area contributed by atoms with Gasteiger partial charge in [-0.05, 0) is 44.9 Å². The molecule has 1 aliphatic rings. The third kappa shape index (κ3) is 27.0. The first-order chi connectivity index (χ1) is 26.5. The second-order valence-electron chi connectivity index (χ2n) is 15.3. The first-order valence-corrected chi connectivity index (χ1v) is 23.1. The average Bonchev–Trinajstić information content (AvgIpc) is 3.15. The molecule has 0 radical (unpaired) electrons. The summed E-state index contributed by atoms with van der Waals surface area (Å²) in [5.41, 5.74) is 0. The molecular weight excluding hydrogens is 727 g/mol. The van der Waals surface area contributed by atoms with Gasteiger partial charge in [0.1, 0.15) is 24.4 Å². The van der Waals surface area contributed by atoms with Crippen LogP contribution in [0.2, 0.25) is 0 Å². The maximum atomic E-state index is 13.0. The molecule has 0 saturated carbocycles. The largest absolute Gasteiger partial charge is 0.397 e. The van der Waals surface area contributed by atoms with Crippen molar-refractivity contribution in [1.29, 1.82) is 0 Å². The Morgan fingerprint density at radius 2 is 1.22 bits per heavy atom. The van der Waals surface area contributed by atoms with E-state index >= 15 is 0 Å². The number of amides is 1. The molecule has 12 nitrogen and oxygen atoms in total. The Labute approximate surface area is 333 Å².